The smallest absolute Gasteiger partial charge is 0.356 e. The van der Waals surface area contributed by atoms with Gasteiger partial charge in [-0.05, 0) is 44.0 Å². The van der Waals surface area contributed by atoms with Crippen molar-refractivity contribution in [3.63, 3.8) is 0 Å². The molecular formula is C27H24ClFN6O3S. The average Bonchev–Trinajstić information content (AvgIpc) is 3.65. The third-order valence-corrected chi connectivity index (χ3v) is 8.27. The molecule has 1 amide bonds. The van der Waals surface area contributed by atoms with E-state index < -0.39 is 11.5 Å². The van der Waals surface area contributed by atoms with Crippen molar-refractivity contribution >= 4 is 45.7 Å². The first-order valence-corrected chi connectivity index (χ1v) is 13.8. The summed E-state index contributed by atoms with van der Waals surface area (Å²) in [6.45, 7) is 6.77. The fraction of sp³-hybridized carbons (Fsp3) is 0.296. The fourth-order valence-corrected chi connectivity index (χ4v) is 6.21. The summed E-state index contributed by atoms with van der Waals surface area (Å²) in [4.78, 5) is 43.3. The number of phenolic OH excluding ortho intramolecular Hbond substituents is 1. The Hall–Kier alpha value is -3.83. The van der Waals surface area contributed by atoms with E-state index in [4.69, 9.17) is 16.6 Å². The molecule has 1 aliphatic heterocycles. The van der Waals surface area contributed by atoms with E-state index >= 15 is 0 Å². The molecule has 4 aromatic rings. The summed E-state index contributed by atoms with van der Waals surface area (Å²) in [6, 6.07) is 5.38. The molecule has 1 atom stereocenters. The average molecular weight is 567 g/mol. The molecule has 200 valence electrons. The van der Waals surface area contributed by atoms with E-state index in [1.54, 1.807) is 16.5 Å². The third kappa shape index (κ3) is 4.35. The summed E-state index contributed by atoms with van der Waals surface area (Å²) >= 11 is 7.98. The Bertz CT molecular complexity index is 1680. The van der Waals surface area contributed by atoms with Gasteiger partial charge in [-0.2, -0.15) is 4.98 Å². The van der Waals surface area contributed by atoms with Crippen molar-refractivity contribution in [3.05, 3.63) is 69.4 Å². The second-order valence-corrected chi connectivity index (χ2v) is 11.0. The van der Waals surface area contributed by atoms with Crippen LogP contribution in [-0.2, 0) is 4.79 Å². The van der Waals surface area contributed by atoms with Gasteiger partial charge in [0.05, 0.1) is 32.9 Å². The Kier molecular flexibility index (Phi) is 6.35. The van der Waals surface area contributed by atoms with Crippen molar-refractivity contribution in [1.82, 2.24) is 24.4 Å². The van der Waals surface area contributed by atoms with Crippen LogP contribution in [0.3, 0.4) is 0 Å². The Morgan fingerprint density at radius 2 is 2.08 bits per heavy atom. The highest BCUT2D eigenvalue weighted by molar-refractivity contribution is 7.12. The topological polar surface area (TPSA) is 104 Å². The first-order valence-electron chi connectivity index (χ1n) is 12.5. The number of halogens is 2. The van der Waals surface area contributed by atoms with Crippen LogP contribution in [0.15, 0.2) is 47.2 Å². The van der Waals surface area contributed by atoms with Gasteiger partial charge in [-0.1, -0.05) is 24.2 Å². The van der Waals surface area contributed by atoms with E-state index in [1.165, 1.54) is 40.2 Å². The molecule has 12 heteroatoms. The second-order valence-electron chi connectivity index (χ2n) is 9.73. The molecule has 2 fully saturated rings. The van der Waals surface area contributed by atoms with Crippen LogP contribution in [-0.4, -0.2) is 61.1 Å². The summed E-state index contributed by atoms with van der Waals surface area (Å²) in [5, 5.41) is 11.7. The SMILES string of the molecule is C=CC(=O)N1CCN(c2nc(=O)n(-c3scnc3C3CC3)c3nc(-c4c(O)cccc4F)c(Cl)cc23)[C@@H](C)C1. The predicted molar refractivity (Wildman–Crippen MR) is 148 cm³/mol. The summed E-state index contributed by atoms with van der Waals surface area (Å²) in [6.07, 6.45) is 3.24. The number of carbonyl (C=O) groups is 1. The molecular weight excluding hydrogens is 543 g/mol. The molecule has 1 saturated carbocycles. The van der Waals surface area contributed by atoms with Crippen molar-refractivity contribution in [1.29, 1.82) is 0 Å². The predicted octanol–water partition coefficient (Wildman–Crippen LogP) is 4.50. The number of amides is 1. The minimum absolute atomic E-state index is 0.0111. The van der Waals surface area contributed by atoms with Crippen molar-refractivity contribution in [2.75, 3.05) is 24.5 Å². The number of aromatic hydroxyl groups is 1. The van der Waals surface area contributed by atoms with Gasteiger partial charge >= 0.3 is 5.69 Å². The lowest BCUT2D eigenvalue weighted by atomic mass is 10.1. The van der Waals surface area contributed by atoms with E-state index in [1.807, 2.05) is 11.8 Å². The van der Waals surface area contributed by atoms with Gasteiger partial charge in [0.2, 0.25) is 5.91 Å². The number of nitrogens with zero attached hydrogens (tertiary/aromatic N) is 6. The lowest BCUT2D eigenvalue weighted by Gasteiger charge is -2.40. The van der Waals surface area contributed by atoms with Crippen molar-refractivity contribution < 1.29 is 14.3 Å². The van der Waals surface area contributed by atoms with E-state index in [2.05, 4.69) is 16.5 Å². The normalized spacial score (nSPS) is 17.6. The molecule has 0 spiro atoms. The number of carbonyl (C=O) groups excluding carboxylic acids is 1. The quantitative estimate of drug-likeness (QED) is 0.355. The summed E-state index contributed by atoms with van der Waals surface area (Å²) in [5.74, 6) is -0.544. The number of phenols is 1. The highest BCUT2D eigenvalue weighted by atomic mass is 35.5. The Balaban J connectivity index is 1.59. The van der Waals surface area contributed by atoms with Gasteiger partial charge in [-0.15, -0.1) is 11.3 Å². The number of piperazine rings is 1. The number of hydrogen-bond acceptors (Lipinski definition) is 8. The number of anilines is 1. The summed E-state index contributed by atoms with van der Waals surface area (Å²) < 4.78 is 16.3. The molecule has 1 N–H and O–H groups in total. The Morgan fingerprint density at radius 3 is 2.77 bits per heavy atom. The monoisotopic (exact) mass is 566 g/mol. The molecule has 1 aliphatic carbocycles. The minimum Gasteiger partial charge on any atom is -0.507 e. The molecule has 0 unspecified atom stereocenters. The van der Waals surface area contributed by atoms with Gasteiger partial charge in [0.25, 0.3) is 0 Å². The van der Waals surface area contributed by atoms with Crippen LogP contribution in [0.4, 0.5) is 10.2 Å². The number of rotatable bonds is 5. The van der Waals surface area contributed by atoms with Crippen molar-refractivity contribution in [2.24, 2.45) is 0 Å². The molecule has 4 heterocycles. The third-order valence-electron chi connectivity index (χ3n) is 7.16. The number of hydrogen-bond donors (Lipinski definition) is 1. The lowest BCUT2D eigenvalue weighted by molar-refractivity contribution is -0.126. The molecule has 9 nitrogen and oxygen atoms in total. The summed E-state index contributed by atoms with van der Waals surface area (Å²) in [7, 11) is 0. The van der Waals surface area contributed by atoms with Crippen molar-refractivity contribution in [2.45, 2.75) is 31.7 Å². The Labute approximate surface area is 231 Å². The van der Waals surface area contributed by atoms with Gasteiger partial charge in [0.1, 0.15) is 22.4 Å². The number of aromatic nitrogens is 4. The zero-order chi connectivity index (χ0) is 27.4. The molecule has 6 rings (SSSR count). The fourth-order valence-electron chi connectivity index (χ4n) is 5.08. The number of benzene rings is 1. The first-order chi connectivity index (χ1) is 18.8. The molecule has 0 radical (unpaired) electrons. The van der Waals surface area contributed by atoms with Crippen LogP contribution >= 0.6 is 22.9 Å². The Morgan fingerprint density at radius 1 is 1.28 bits per heavy atom. The van der Waals surface area contributed by atoms with E-state index in [9.17, 15) is 19.1 Å². The van der Waals surface area contributed by atoms with Crippen LogP contribution in [0.2, 0.25) is 5.02 Å². The molecule has 0 bridgehead atoms. The zero-order valence-electron chi connectivity index (χ0n) is 21.0. The largest absolute Gasteiger partial charge is 0.507 e. The van der Waals surface area contributed by atoms with Crippen LogP contribution in [0.25, 0.3) is 27.3 Å². The molecule has 2 aliphatic rings. The van der Waals surface area contributed by atoms with Crippen LogP contribution in [0, 0.1) is 5.82 Å². The molecule has 1 saturated heterocycles. The lowest BCUT2D eigenvalue weighted by Crippen LogP contribution is -2.54. The number of pyridine rings is 1. The van der Waals surface area contributed by atoms with E-state index in [-0.39, 0.29) is 45.5 Å². The van der Waals surface area contributed by atoms with Gasteiger partial charge in [-0.3, -0.25) is 4.79 Å². The van der Waals surface area contributed by atoms with Gasteiger partial charge in [0.15, 0.2) is 5.65 Å². The van der Waals surface area contributed by atoms with Gasteiger partial charge < -0.3 is 14.9 Å². The standard InChI is InChI=1S/C27H24ClFN6O3S/c1-3-20(37)33-9-10-34(14(2)12-33)24-16-11-17(28)23(21-18(29)5-4-6-19(21)36)31-25(16)35(27(38)32-24)26-22(15-7-8-15)30-13-39-26/h3-6,11,13-15,36H,1,7-10,12H2,2H3/t14-/m0/s1. The van der Waals surface area contributed by atoms with Crippen molar-refractivity contribution in [3.8, 4) is 22.0 Å². The maximum absolute atomic E-state index is 14.9. The molecule has 39 heavy (non-hydrogen) atoms. The first kappa shape index (κ1) is 25.4. The second kappa shape index (κ2) is 9.73. The highest BCUT2D eigenvalue weighted by Gasteiger charge is 2.33. The minimum atomic E-state index is -0.694. The summed E-state index contributed by atoms with van der Waals surface area (Å²) in [5.41, 5.74) is 2.02. The van der Waals surface area contributed by atoms with Crippen LogP contribution in [0.1, 0.15) is 31.4 Å². The maximum atomic E-state index is 14.9. The van der Waals surface area contributed by atoms with Crippen LogP contribution < -0.4 is 10.6 Å². The molecule has 1 aromatic carbocycles. The van der Waals surface area contributed by atoms with Gasteiger partial charge in [0, 0.05) is 31.6 Å². The van der Waals surface area contributed by atoms with Crippen LogP contribution in [0.5, 0.6) is 5.75 Å². The van der Waals surface area contributed by atoms with E-state index in [0.717, 1.165) is 18.5 Å². The highest BCUT2D eigenvalue weighted by Crippen LogP contribution is 2.44. The zero-order valence-corrected chi connectivity index (χ0v) is 22.5. The molecule has 3 aromatic heterocycles. The van der Waals surface area contributed by atoms with E-state index in [0.29, 0.717) is 35.8 Å². The number of thiazole rings is 1. The maximum Gasteiger partial charge on any atom is 0.356 e. The number of fused-ring (bicyclic) bond motifs is 1. The van der Waals surface area contributed by atoms with Gasteiger partial charge in [-0.25, -0.2) is 23.7 Å².